The van der Waals surface area contributed by atoms with Crippen LogP contribution in [0.5, 0.6) is 0 Å². The zero-order chi connectivity index (χ0) is 14.1. The zero-order valence-electron chi connectivity index (χ0n) is 13.3. The molecule has 1 aliphatic rings. The number of allylic oxidation sites excluding steroid dienone is 2. The highest BCUT2D eigenvalue weighted by atomic mass is 28.4. The summed E-state index contributed by atoms with van der Waals surface area (Å²) in [7, 11) is -1.73. The predicted molar refractivity (Wildman–Crippen MR) is 83.1 cm³/mol. The third-order valence-corrected chi connectivity index (χ3v) is 9.00. The van der Waals surface area contributed by atoms with Crippen LogP contribution in [0.2, 0.25) is 18.1 Å². The Balaban J connectivity index is 2.64. The first-order chi connectivity index (χ1) is 8.04. The molecule has 0 radical (unpaired) electrons. The number of hydrogen-bond donors (Lipinski definition) is 0. The Morgan fingerprint density at radius 2 is 1.94 bits per heavy atom. The lowest BCUT2D eigenvalue weighted by atomic mass is 9.92. The van der Waals surface area contributed by atoms with Gasteiger partial charge >= 0.3 is 0 Å². The van der Waals surface area contributed by atoms with E-state index in [0.29, 0.717) is 0 Å². The molecule has 0 aromatic rings. The molecule has 1 unspecified atom stereocenters. The molecule has 1 aliphatic carbocycles. The molecule has 0 bridgehead atoms. The molecule has 1 rings (SSSR count). The van der Waals surface area contributed by atoms with Gasteiger partial charge in [-0.1, -0.05) is 47.3 Å². The standard InChI is InChI=1S/C16H30OSi/c1-12(2)14-9-10-15(11-14)13(3)17-18(7,8)16(4,5)6/h10,12,14H,3,9,11H2,1-2,4-8H3. The minimum absolute atomic E-state index is 0.243. The summed E-state index contributed by atoms with van der Waals surface area (Å²) in [5.41, 5.74) is 1.35. The molecule has 0 spiro atoms. The van der Waals surface area contributed by atoms with Crippen LogP contribution in [0.3, 0.4) is 0 Å². The summed E-state index contributed by atoms with van der Waals surface area (Å²) >= 11 is 0. The van der Waals surface area contributed by atoms with Crippen molar-refractivity contribution >= 4 is 8.32 Å². The van der Waals surface area contributed by atoms with Gasteiger partial charge in [-0.05, 0) is 48.4 Å². The van der Waals surface area contributed by atoms with E-state index in [2.05, 4.69) is 60.4 Å². The summed E-state index contributed by atoms with van der Waals surface area (Å²) in [6, 6.07) is 0. The molecule has 0 aliphatic heterocycles. The summed E-state index contributed by atoms with van der Waals surface area (Å²) in [6.07, 6.45) is 4.66. The molecule has 18 heavy (non-hydrogen) atoms. The molecule has 0 saturated heterocycles. The molecule has 0 saturated carbocycles. The second kappa shape index (κ2) is 5.24. The van der Waals surface area contributed by atoms with Crippen molar-refractivity contribution in [2.75, 3.05) is 0 Å². The van der Waals surface area contributed by atoms with Crippen LogP contribution in [-0.2, 0) is 4.43 Å². The monoisotopic (exact) mass is 266 g/mol. The van der Waals surface area contributed by atoms with Crippen molar-refractivity contribution in [3.63, 3.8) is 0 Å². The van der Waals surface area contributed by atoms with E-state index >= 15 is 0 Å². The van der Waals surface area contributed by atoms with Crippen LogP contribution in [0.4, 0.5) is 0 Å². The van der Waals surface area contributed by atoms with Crippen molar-refractivity contribution in [2.24, 2.45) is 11.8 Å². The molecule has 0 N–H and O–H groups in total. The van der Waals surface area contributed by atoms with Crippen LogP contribution < -0.4 is 0 Å². The maximum Gasteiger partial charge on any atom is 0.250 e. The van der Waals surface area contributed by atoms with E-state index in [9.17, 15) is 0 Å². The summed E-state index contributed by atoms with van der Waals surface area (Å²) < 4.78 is 6.29. The lowest BCUT2D eigenvalue weighted by Crippen LogP contribution is -2.40. The second-order valence-corrected chi connectivity index (χ2v) is 12.2. The normalized spacial score (nSPS) is 21.1. The summed E-state index contributed by atoms with van der Waals surface area (Å²) in [6.45, 7) is 20.2. The quantitative estimate of drug-likeness (QED) is 0.481. The van der Waals surface area contributed by atoms with Crippen LogP contribution >= 0.6 is 0 Å². The minimum atomic E-state index is -1.73. The van der Waals surface area contributed by atoms with Crippen LogP contribution in [0.1, 0.15) is 47.5 Å². The Labute approximate surface area is 114 Å². The molecule has 0 amide bonds. The largest absolute Gasteiger partial charge is 0.544 e. The van der Waals surface area contributed by atoms with E-state index in [-0.39, 0.29) is 5.04 Å². The first-order valence-electron chi connectivity index (χ1n) is 7.12. The van der Waals surface area contributed by atoms with Gasteiger partial charge < -0.3 is 4.43 Å². The van der Waals surface area contributed by atoms with E-state index in [0.717, 1.165) is 24.0 Å². The molecule has 104 valence electrons. The third kappa shape index (κ3) is 3.50. The van der Waals surface area contributed by atoms with Gasteiger partial charge in [0.2, 0.25) is 8.32 Å². The topological polar surface area (TPSA) is 9.23 Å². The van der Waals surface area contributed by atoms with Crippen molar-refractivity contribution in [3.8, 4) is 0 Å². The molecule has 0 aromatic heterocycles. The number of hydrogen-bond acceptors (Lipinski definition) is 1. The molecular formula is C16H30OSi. The van der Waals surface area contributed by atoms with Gasteiger partial charge in [-0.3, -0.25) is 0 Å². The van der Waals surface area contributed by atoms with Gasteiger partial charge in [0.25, 0.3) is 0 Å². The van der Waals surface area contributed by atoms with Crippen LogP contribution in [-0.4, -0.2) is 8.32 Å². The van der Waals surface area contributed by atoms with Crippen molar-refractivity contribution < 1.29 is 4.43 Å². The first-order valence-corrected chi connectivity index (χ1v) is 10.0. The maximum absolute atomic E-state index is 6.29. The highest BCUT2D eigenvalue weighted by Gasteiger charge is 2.39. The first kappa shape index (κ1) is 15.6. The van der Waals surface area contributed by atoms with E-state index in [1.54, 1.807) is 0 Å². The van der Waals surface area contributed by atoms with E-state index in [4.69, 9.17) is 4.43 Å². The minimum Gasteiger partial charge on any atom is -0.544 e. The molecule has 0 aromatic carbocycles. The molecular weight excluding hydrogens is 236 g/mol. The lowest BCUT2D eigenvalue weighted by molar-refractivity contribution is 0.374. The summed E-state index contributed by atoms with van der Waals surface area (Å²) in [5, 5.41) is 0.243. The fourth-order valence-corrected chi connectivity index (χ4v) is 3.06. The van der Waals surface area contributed by atoms with Crippen LogP contribution in [0.25, 0.3) is 0 Å². The Morgan fingerprint density at radius 3 is 2.33 bits per heavy atom. The van der Waals surface area contributed by atoms with E-state index in [1.807, 2.05) is 0 Å². The van der Waals surface area contributed by atoms with Gasteiger partial charge in [0, 0.05) is 0 Å². The Morgan fingerprint density at radius 1 is 1.39 bits per heavy atom. The fraction of sp³-hybridized carbons (Fsp3) is 0.750. The summed E-state index contributed by atoms with van der Waals surface area (Å²) in [5.74, 6) is 2.46. The van der Waals surface area contributed by atoms with Gasteiger partial charge in [-0.15, -0.1) is 0 Å². The Hall–Kier alpha value is -0.503. The zero-order valence-corrected chi connectivity index (χ0v) is 14.3. The average Bonchev–Trinajstić information content (AvgIpc) is 2.63. The van der Waals surface area contributed by atoms with Gasteiger partial charge in [0.05, 0.1) is 5.76 Å². The average molecular weight is 267 g/mol. The van der Waals surface area contributed by atoms with E-state index < -0.39 is 8.32 Å². The molecule has 0 fully saturated rings. The highest BCUT2D eigenvalue weighted by Crippen LogP contribution is 2.41. The van der Waals surface area contributed by atoms with Crippen LogP contribution in [0, 0.1) is 11.8 Å². The fourth-order valence-electron chi connectivity index (χ4n) is 2.00. The number of rotatable bonds is 4. The van der Waals surface area contributed by atoms with Gasteiger partial charge in [-0.2, -0.15) is 0 Å². The smallest absolute Gasteiger partial charge is 0.250 e. The summed E-state index contributed by atoms with van der Waals surface area (Å²) in [4.78, 5) is 0. The Kier molecular flexibility index (Phi) is 4.53. The van der Waals surface area contributed by atoms with Crippen molar-refractivity contribution in [1.29, 1.82) is 0 Å². The molecule has 0 heterocycles. The van der Waals surface area contributed by atoms with Crippen molar-refractivity contribution in [3.05, 3.63) is 24.0 Å². The predicted octanol–water partition coefficient (Wildman–Crippen LogP) is 5.51. The third-order valence-electron chi connectivity index (χ3n) is 4.63. The SMILES string of the molecule is C=C(O[Si](C)(C)C(C)(C)C)C1=CCC(C(C)C)C1. The van der Waals surface area contributed by atoms with Crippen LogP contribution in [0.15, 0.2) is 24.0 Å². The maximum atomic E-state index is 6.29. The second-order valence-electron chi connectivity index (χ2n) is 7.46. The van der Waals surface area contributed by atoms with Crippen molar-refractivity contribution in [1.82, 2.24) is 0 Å². The van der Waals surface area contributed by atoms with E-state index in [1.165, 1.54) is 12.0 Å². The molecule has 2 heteroatoms. The van der Waals surface area contributed by atoms with Gasteiger partial charge in [-0.25, -0.2) is 0 Å². The molecule has 1 nitrogen and oxygen atoms in total. The van der Waals surface area contributed by atoms with Gasteiger partial charge in [0.1, 0.15) is 0 Å². The Bertz CT molecular complexity index is 345. The lowest BCUT2D eigenvalue weighted by Gasteiger charge is -2.37. The van der Waals surface area contributed by atoms with Crippen molar-refractivity contribution in [2.45, 2.75) is 65.6 Å². The molecule has 1 atom stereocenters. The highest BCUT2D eigenvalue weighted by molar-refractivity contribution is 6.74. The van der Waals surface area contributed by atoms with Gasteiger partial charge in [0.15, 0.2) is 0 Å².